The molecule has 0 aromatic carbocycles. The largest absolute Gasteiger partial charge is 0.478 e. The second kappa shape index (κ2) is 7.09. The normalized spacial score (nSPS) is 9.85. The van der Waals surface area contributed by atoms with Crippen molar-refractivity contribution < 1.29 is 19.4 Å². The molecule has 0 bridgehead atoms. The van der Waals surface area contributed by atoms with Crippen molar-refractivity contribution in [2.24, 2.45) is 0 Å². The first-order valence-corrected chi connectivity index (χ1v) is 3.85. The van der Waals surface area contributed by atoms with Crippen LogP contribution < -0.4 is 0 Å². The van der Waals surface area contributed by atoms with Gasteiger partial charge in [-0.05, 0) is 12.8 Å². The molecule has 0 aliphatic carbocycles. The molecule has 0 aromatic rings. The molecule has 13 heavy (non-hydrogen) atoms. The number of esters is 1. The maximum atomic E-state index is 10.7. The van der Waals surface area contributed by atoms with E-state index >= 15 is 0 Å². The van der Waals surface area contributed by atoms with Crippen LogP contribution in [0.3, 0.4) is 0 Å². The van der Waals surface area contributed by atoms with Gasteiger partial charge in [-0.1, -0.05) is 6.08 Å². The second-order valence-electron chi connectivity index (χ2n) is 2.27. The Morgan fingerprint density at radius 2 is 2.08 bits per heavy atom. The summed E-state index contributed by atoms with van der Waals surface area (Å²) in [4.78, 5) is 20.7. The number of carboxylic acids is 1. The van der Waals surface area contributed by atoms with Crippen LogP contribution in [0.15, 0.2) is 24.8 Å². The van der Waals surface area contributed by atoms with Crippen molar-refractivity contribution >= 4 is 11.9 Å². The fraction of sp³-hybridized carbons (Fsp3) is 0.333. The van der Waals surface area contributed by atoms with Crippen molar-refractivity contribution in [3.63, 3.8) is 0 Å². The molecule has 72 valence electrons. The number of unbranched alkanes of at least 4 members (excludes halogenated alkanes) is 1. The van der Waals surface area contributed by atoms with E-state index in [0.29, 0.717) is 6.42 Å². The number of carboxylic acid groups (broad SMARTS) is 1. The zero-order chi connectivity index (χ0) is 10.1. The van der Waals surface area contributed by atoms with Gasteiger partial charge in [0, 0.05) is 12.2 Å². The fourth-order valence-corrected chi connectivity index (χ4v) is 0.588. The molecule has 0 heterocycles. The van der Waals surface area contributed by atoms with Crippen LogP contribution in [0.5, 0.6) is 0 Å². The van der Waals surface area contributed by atoms with E-state index in [1.54, 1.807) is 6.08 Å². The Balaban J connectivity index is 3.51. The third kappa shape index (κ3) is 8.33. The van der Waals surface area contributed by atoms with Crippen LogP contribution >= 0.6 is 0 Å². The number of hydrogen-bond acceptors (Lipinski definition) is 3. The van der Waals surface area contributed by atoms with E-state index in [1.807, 2.05) is 0 Å². The van der Waals surface area contributed by atoms with Gasteiger partial charge in [-0.15, -0.1) is 6.58 Å². The number of ether oxygens (including phenoxy) is 1. The molecule has 0 aliphatic rings. The standard InChI is InChI=1S/C9H12O4/c1-2-3-4-7-13-9(12)6-5-8(10)11/h2,5-6H,1,3-4,7H2,(H,10,11)/b6-5-. The Morgan fingerprint density at radius 1 is 1.38 bits per heavy atom. The van der Waals surface area contributed by atoms with Crippen molar-refractivity contribution in [2.75, 3.05) is 6.61 Å². The Kier molecular flexibility index (Phi) is 6.23. The average molecular weight is 184 g/mol. The lowest BCUT2D eigenvalue weighted by atomic mass is 10.3. The molecule has 4 nitrogen and oxygen atoms in total. The van der Waals surface area contributed by atoms with E-state index in [4.69, 9.17) is 5.11 Å². The quantitative estimate of drug-likeness (QED) is 0.291. The molecular weight excluding hydrogens is 172 g/mol. The topological polar surface area (TPSA) is 63.6 Å². The third-order valence-corrected chi connectivity index (χ3v) is 1.16. The lowest BCUT2D eigenvalue weighted by Gasteiger charge is -1.98. The summed E-state index contributed by atoms with van der Waals surface area (Å²) in [6.07, 6.45) is 4.83. The molecule has 0 amide bonds. The number of aliphatic carboxylic acids is 1. The molecule has 1 N–H and O–H groups in total. The predicted octanol–water partition coefficient (Wildman–Crippen LogP) is 1.14. The van der Waals surface area contributed by atoms with Crippen LogP contribution in [0.1, 0.15) is 12.8 Å². The van der Waals surface area contributed by atoms with Crippen LogP contribution in [0.2, 0.25) is 0 Å². The van der Waals surface area contributed by atoms with Gasteiger partial charge in [0.15, 0.2) is 0 Å². The third-order valence-electron chi connectivity index (χ3n) is 1.16. The molecule has 0 unspecified atom stereocenters. The van der Waals surface area contributed by atoms with Gasteiger partial charge in [0.05, 0.1) is 6.61 Å². The number of carbonyl (C=O) groups excluding carboxylic acids is 1. The summed E-state index contributed by atoms with van der Waals surface area (Å²) in [5.74, 6) is -1.80. The Morgan fingerprint density at radius 3 is 2.62 bits per heavy atom. The van der Waals surface area contributed by atoms with Crippen LogP contribution in [0.4, 0.5) is 0 Å². The summed E-state index contributed by atoms with van der Waals surface area (Å²) in [5.41, 5.74) is 0. The van der Waals surface area contributed by atoms with Crippen molar-refractivity contribution in [2.45, 2.75) is 12.8 Å². The molecule has 0 rings (SSSR count). The van der Waals surface area contributed by atoms with Gasteiger partial charge in [0.2, 0.25) is 0 Å². The summed E-state index contributed by atoms with van der Waals surface area (Å²) >= 11 is 0. The molecule has 0 aromatic heterocycles. The highest BCUT2D eigenvalue weighted by Crippen LogP contribution is 1.91. The van der Waals surface area contributed by atoms with E-state index in [-0.39, 0.29) is 6.61 Å². The monoisotopic (exact) mass is 184 g/mol. The molecule has 0 radical (unpaired) electrons. The van der Waals surface area contributed by atoms with Gasteiger partial charge in [-0.3, -0.25) is 0 Å². The Bertz CT molecular complexity index is 218. The first-order valence-electron chi connectivity index (χ1n) is 3.85. The summed E-state index contributed by atoms with van der Waals surface area (Å²) in [6.45, 7) is 3.79. The van der Waals surface area contributed by atoms with Crippen LogP contribution in [0, 0.1) is 0 Å². The Hall–Kier alpha value is -1.58. The van der Waals surface area contributed by atoms with E-state index in [0.717, 1.165) is 18.6 Å². The van der Waals surface area contributed by atoms with E-state index < -0.39 is 11.9 Å². The highest BCUT2D eigenvalue weighted by molar-refractivity contribution is 5.90. The zero-order valence-corrected chi connectivity index (χ0v) is 7.23. The second-order valence-corrected chi connectivity index (χ2v) is 2.27. The average Bonchev–Trinajstić information content (AvgIpc) is 2.09. The molecule has 0 fully saturated rings. The van der Waals surface area contributed by atoms with Crippen molar-refractivity contribution in [3.05, 3.63) is 24.8 Å². The summed E-state index contributed by atoms with van der Waals surface area (Å²) in [6, 6.07) is 0. The van der Waals surface area contributed by atoms with Crippen LogP contribution in [-0.2, 0) is 14.3 Å². The predicted molar refractivity (Wildman–Crippen MR) is 47.2 cm³/mol. The van der Waals surface area contributed by atoms with Crippen molar-refractivity contribution in [1.82, 2.24) is 0 Å². The fourth-order valence-electron chi connectivity index (χ4n) is 0.588. The number of rotatable bonds is 6. The van der Waals surface area contributed by atoms with E-state index in [9.17, 15) is 9.59 Å². The van der Waals surface area contributed by atoms with Crippen LogP contribution in [0.25, 0.3) is 0 Å². The lowest BCUT2D eigenvalue weighted by Crippen LogP contribution is -2.03. The zero-order valence-electron chi connectivity index (χ0n) is 7.23. The summed E-state index contributed by atoms with van der Waals surface area (Å²) < 4.78 is 4.66. The Labute approximate surface area is 76.5 Å². The van der Waals surface area contributed by atoms with Gasteiger partial charge < -0.3 is 9.84 Å². The first-order chi connectivity index (χ1) is 6.16. The van der Waals surface area contributed by atoms with Crippen LogP contribution in [-0.4, -0.2) is 23.7 Å². The smallest absolute Gasteiger partial charge is 0.331 e. The molecular formula is C9H12O4. The molecule has 0 aliphatic heterocycles. The summed E-state index contributed by atoms with van der Waals surface area (Å²) in [5, 5.41) is 8.16. The molecule has 0 saturated carbocycles. The highest BCUT2D eigenvalue weighted by atomic mass is 16.5. The molecule has 4 heteroatoms. The van der Waals surface area contributed by atoms with Crippen molar-refractivity contribution in [1.29, 1.82) is 0 Å². The number of allylic oxidation sites excluding steroid dienone is 1. The maximum absolute atomic E-state index is 10.7. The van der Waals surface area contributed by atoms with Gasteiger partial charge >= 0.3 is 11.9 Å². The van der Waals surface area contributed by atoms with Gasteiger partial charge in [-0.25, -0.2) is 9.59 Å². The minimum atomic E-state index is -1.16. The molecule has 0 atom stereocenters. The SMILES string of the molecule is C=CCCCOC(=O)/C=C\C(=O)O. The first kappa shape index (κ1) is 11.4. The maximum Gasteiger partial charge on any atom is 0.331 e. The van der Waals surface area contributed by atoms with Gasteiger partial charge in [0.25, 0.3) is 0 Å². The highest BCUT2D eigenvalue weighted by Gasteiger charge is 1.96. The summed E-state index contributed by atoms with van der Waals surface area (Å²) in [7, 11) is 0. The molecule has 0 saturated heterocycles. The van der Waals surface area contributed by atoms with E-state index in [2.05, 4.69) is 11.3 Å². The number of hydrogen-bond donors (Lipinski definition) is 1. The molecule has 0 spiro atoms. The minimum Gasteiger partial charge on any atom is -0.478 e. The van der Waals surface area contributed by atoms with Gasteiger partial charge in [0.1, 0.15) is 0 Å². The van der Waals surface area contributed by atoms with E-state index in [1.165, 1.54) is 0 Å². The number of carbonyl (C=O) groups is 2. The minimum absolute atomic E-state index is 0.287. The van der Waals surface area contributed by atoms with Gasteiger partial charge in [-0.2, -0.15) is 0 Å². The van der Waals surface area contributed by atoms with Crippen molar-refractivity contribution in [3.8, 4) is 0 Å². The lowest BCUT2D eigenvalue weighted by molar-refractivity contribution is -0.138.